The van der Waals surface area contributed by atoms with E-state index in [1.54, 1.807) is 30.3 Å². The van der Waals surface area contributed by atoms with Crippen LogP contribution in [-0.2, 0) is 0 Å². The quantitative estimate of drug-likeness (QED) is 0.891. The van der Waals surface area contributed by atoms with Crippen LogP contribution in [0.4, 0.5) is 14.9 Å². The number of anilines is 1. The van der Waals surface area contributed by atoms with Crippen LogP contribution in [0.15, 0.2) is 48.5 Å². The van der Waals surface area contributed by atoms with Gasteiger partial charge in [-0.3, -0.25) is 10.1 Å². The first-order valence-corrected chi connectivity index (χ1v) is 6.07. The van der Waals surface area contributed by atoms with Crippen LogP contribution in [0.1, 0.15) is 10.4 Å². The molecule has 20 heavy (non-hydrogen) atoms. The van der Waals surface area contributed by atoms with Crippen molar-refractivity contribution in [3.05, 3.63) is 64.9 Å². The molecule has 2 rings (SSSR count). The first kappa shape index (κ1) is 14.0. The van der Waals surface area contributed by atoms with Crippen LogP contribution < -0.4 is 10.6 Å². The largest absolute Gasteiger partial charge is 0.326 e. The molecule has 0 heterocycles. The van der Waals surface area contributed by atoms with E-state index in [1.807, 2.05) is 5.32 Å². The lowest BCUT2D eigenvalue weighted by Crippen LogP contribution is -2.35. The van der Waals surface area contributed by atoms with Gasteiger partial charge in [0.2, 0.25) is 0 Å². The van der Waals surface area contributed by atoms with Crippen molar-refractivity contribution in [2.75, 3.05) is 5.32 Å². The summed E-state index contributed by atoms with van der Waals surface area (Å²) >= 11 is 5.74. The SMILES string of the molecule is O=C(NC(=O)c1c(F)cccc1Cl)Nc1ccccc1. The van der Waals surface area contributed by atoms with Crippen molar-refractivity contribution in [2.24, 2.45) is 0 Å². The highest BCUT2D eigenvalue weighted by Crippen LogP contribution is 2.18. The Morgan fingerprint density at radius 1 is 1.00 bits per heavy atom. The molecule has 4 nitrogen and oxygen atoms in total. The van der Waals surface area contributed by atoms with Gasteiger partial charge in [-0.05, 0) is 24.3 Å². The van der Waals surface area contributed by atoms with E-state index in [0.717, 1.165) is 6.07 Å². The molecule has 0 aliphatic rings. The first-order chi connectivity index (χ1) is 9.58. The molecular formula is C14H10ClFN2O2. The Morgan fingerprint density at radius 3 is 2.35 bits per heavy atom. The Bertz CT molecular complexity index is 627. The molecule has 6 heteroatoms. The first-order valence-electron chi connectivity index (χ1n) is 5.69. The van der Waals surface area contributed by atoms with E-state index >= 15 is 0 Å². The number of imide groups is 1. The van der Waals surface area contributed by atoms with Crippen LogP contribution in [0, 0.1) is 5.82 Å². The van der Waals surface area contributed by atoms with Gasteiger partial charge >= 0.3 is 6.03 Å². The molecule has 0 saturated heterocycles. The Labute approximate surface area is 119 Å². The zero-order valence-electron chi connectivity index (χ0n) is 10.2. The molecular weight excluding hydrogens is 283 g/mol. The van der Waals surface area contributed by atoms with Crippen LogP contribution in [-0.4, -0.2) is 11.9 Å². The van der Waals surface area contributed by atoms with Crippen LogP contribution in [0.3, 0.4) is 0 Å². The maximum absolute atomic E-state index is 13.5. The summed E-state index contributed by atoms with van der Waals surface area (Å²) < 4.78 is 13.5. The smallest absolute Gasteiger partial charge is 0.308 e. The Hall–Kier alpha value is -2.40. The molecule has 3 amide bonds. The summed E-state index contributed by atoms with van der Waals surface area (Å²) in [7, 11) is 0. The predicted octanol–water partition coefficient (Wildman–Crippen LogP) is 3.44. The van der Waals surface area contributed by atoms with E-state index in [-0.39, 0.29) is 10.6 Å². The van der Waals surface area contributed by atoms with Gasteiger partial charge in [-0.25, -0.2) is 9.18 Å². The third-order valence-electron chi connectivity index (χ3n) is 2.45. The van der Waals surface area contributed by atoms with Gasteiger partial charge in [0.1, 0.15) is 5.82 Å². The molecule has 0 unspecified atom stereocenters. The number of hydrogen-bond acceptors (Lipinski definition) is 2. The van der Waals surface area contributed by atoms with Gasteiger partial charge in [0, 0.05) is 5.69 Å². The number of nitrogens with one attached hydrogen (secondary N) is 2. The normalized spacial score (nSPS) is 9.90. The molecule has 0 aromatic heterocycles. The molecule has 0 fully saturated rings. The summed E-state index contributed by atoms with van der Waals surface area (Å²) in [5.74, 6) is -1.69. The molecule has 0 aliphatic carbocycles. The number of urea groups is 1. The number of carbonyl (C=O) groups is 2. The number of amides is 3. The van der Waals surface area contributed by atoms with Crippen molar-refractivity contribution < 1.29 is 14.0 Å². The lowest BCUT2D eigenvalue weighted by molar-refractivity contribution is 0.0963. The van der Waals surface area contributed by atoms with Gasteiger partial charge in [0.05, 0.1) is 10.6 Å². The van der Waals surface area contributed by atoms with Gasteiger partial charge in [0.25, 0.3) is 5.91 Å². The average molecular weight is 293 g/mol. The number of carbonyl (C=O) groups excluding carboxylic acids is 2. The van der Waals surface area contributed by atoms with Crippen molar-refractivity contribution in [3.63, 3.8) is 0 Å². The second-order valence-corrected chi connectivity index (χ2v) is 4.28. The zero-order chi connectivity index (χ0) is 14.5. The Balaban J connectivity index is 2.07. The van der Waals surface area contributed by atoms with Crippen molar-refractivity contribution in [2.45, 2.75) is 0 Å². The van der Waals surface area contributed by atoms with E-state index < -0.39 is 17.8 Å². The summed E-state index contributed by atoms with van der Waals surface area (Å²) in [6.07, 6.45) is 0. The van der Waals surface area contributed by atoms with E-state index in [1.165, 1.54) is 12.1 Å². The standard InChI is InChI=1S/C14H10ClFN2O2/c15-10-7-4-8-11(16)12(10)13(19)18-14(20)17-9-5-2-1-3-6-9/h1-8H,(H2,17,18,19,20). The third kappa shape index (κ3) is 3.33. The second-order valence-electron chi connectivity index (χ2n) is 3.87. The topological polar surface area (TPSA) is 58.2 Å². The second kappa shape index (κ2) is 6.16. The predicted molar refractivity (Wildman–Crippen MR) is 74.3 cm³/mol. The van der Waals surface area contributed by atoms with Gasteiger partial charge in [0.15, 0.2) is 0 Å². The van der Waals surface area contributed by atoms with Gasteiger partial charge < -0.3 is 5.32 Å². The Morgan fingerprint density at radius 2 is 1.70 bits per heavy atom. The number of halogens is 2. The van der Waals surface area contributed by atoms with Crippen molar-refractivity contribution in [3.8, 4) is 0 Å². The molecule has 0 spiro atoms. The number of para-hydroxylation sites is 1. The van der Waals surface area contributed by atoms with Gasteiger partial charge in [-0.1, -0.05) is 35.9 Å². The maximum atomic E-state index is 13.5. The highest BCUT2D eigenvalue weighted by atomic mass is 35.5. The fourth-order valence-electron chi connectivity index (χ4n) is 1.56. The van der Waals surface area contributed by atoms with E-state index in [2.05, 4.69) is 5.32 Å². The Kier molecular flexibility index (Phi) is 4.32. The fourth-order valence-corrected chi connectivity index (χ4v) is 1.81. The van der Waals surface area contributed by atoms with Crippen molar-refractivity contribution in [1.82, 2.24) is 5.32 Å². The lowest BCUT2D eigenvalue weighted by atomic mass is 10.2. The molecule has 2 aromatic rings. The molecule has 0 aliphatic heterocycles. The van der Waals surface area contributed by atoms with Crippen LogP contribution >= 0.6 is 11.6 Å². The average Bonchev–Trinajstić information content (AvgIpc) is 2.39. The van der Waals surface area contributed by atoms with Crippen LogP contribution in [0.25, 0.3) is 0 Å². The molecule has 0 saturated carbocycles. The summed E-state index contributed by atoms with van der Waals surface area (Å²) in [6.45, 7) is 0. The molecule has 0 atom stereocenters. The minimum Gasteiger partial charge on any atom is -0.308 e. The van der Waals surface area contributed by atoms with Crippen molar-refractivity contribution in [1.29, 1.82) is 0 Å². The van der Waals surface area contributed by atoms with E-state index in [0.29, 0.717) is 5.69 Å². The van der Waals surface area contributed by atoms with E-state index in [4.69, 9.17) is 11.6 Å². The molecule has 0 radical (unpaired) electrons. The van der Waals surface area contributed by atoms with Crippen LogP contribution in [0.2, 0.25) is 5.02 Å². The molecule has 2 aromatic carbocycles. The molecule has 2 N–H and O–H groups in total. The maximum Gasteiger partial charge on any atom is 0.326 e. The minimum absolute atomic E-state index is 0.0602. The van der Waals surface area contributed by atoms with E-state index in [9.17, 15) is 14.0 Å². The zero-order valence-corrected chi connectivity index (χ0v) is 10.9. The highest BCUT2D eigenvalue weighted by Gasteiger charge is 2.17. The highest BCUT2D eigenvalue weighted by molar-refractivity contribution is 6.34. The number of rotatable bonds is 2. The van der Waals surface area contributed by atoms with Crippen molar-refractivity contribution >= 4 is 29.2 Å². The number of hydrogen-bond donors (Lipinski definition) is 2. The minimum atomic E-state index is -0.901. The van der Waals surface area contributed by atoms with Gasteiger partial charge in [-0.15, -0.1) is 0 Å². The summed E-state index contributed by atoms with van der Waals surface area (Å²) in [6, 6.07) is 11.6. The number of benzene rings is 2. The van der Waals surface area contributed by atoms with Crippen LogP contribution in [0.5, 0.6) is 0 Å². The monoisotopic (exact) mass is 292 g/mol. The summed E-state index contributed by atoms with van der Waals surface area (Å²) in [4.78, 5) is 23.4. The van der Waals surface area contributed by atoms with Gasteiger partial charge in [-0.2, -0.15) is 0 Å². The summed E-state index contributed by atoms with van der Waals surface area (Å²) in [5, 5.41) is 4.40. The fraction of sp³-hybridized carbons (Fsp3) is 0. The third-order valence-corrected chi connectivity index (χ3v) is 2.76. The molecule has 0 bridgehead atoms. The summed E-state index contributed by atoms with van der Waals surface area (Å²) in [5.41, 5.74) is 0.148. The lowest BCUT2D eigenvalue weighted by Gasteiger charge is -2.08. The molecule has 102 valence electrons.